The van der Waals surface area contributed by atoms with Crippen LogP contribution in [0.4, 0.5) is 11.5 Å². The number of pyridine rings is 1. The summed E-state index contributed by atoms with van der Waals surface area (Å²) in [5.74, 6) is 2.87. The smallest absolute Gasteiger partial charge is 0.305 e. The monoisotopic (exact) mass is 230 g/mol. The number of aromatic nitrogens is 1. The molecule has 0 fully saturated rings. The Kier molecular flexibility index (Phi) is 4.02. The molecule has 0 aliphatic rings. The minimum Gasteiger partial charge on any atom is -0.356 e. The first kappa shape index (κ1) is 12.5. The van der Waals surface area contributed by atoms with Gasteiger partial charge in [-0.15, -0.1) is 6.42 Å². The second-order valence-electron chi connectivity index (χ2n) is 3.20. The Bertz CT molecular complexity index is 513. The number of nitriles is 1. The lowest BCUT2D eigenvalue weighted by Gasteiger charge is -2.10. The summed E-state index contributed by atoms with van der Waals surface area (Å²) in [7, 11) is 0. The first-order chi connectivity index (χ1) is 8.12. The van der Waals surface area contributed by atoms with Gasteiger partial charge in [0.25, 0.3) is 0 Å². The van der Waals surface area contributed by atoms with Crippen molar-refractivity contribution in [3.05, 3.63) is 27.9 Å². The molecule has 0 spiro atoms. The minimum atomic E-state index is -0.645. The van der Waals surface area contributed by atoms with Crippen molar-refractivity contribution in [1.29, 1.82) is 5.26 Å². The highest BCUT2D eigenvalue weighted by Gasteiger charge is 2.16. The summed E-state index contributed by atoms with van der Waals surface area (Å²) in [6, 6.07) is 4.13. The highest BCUT2D eigenvalue weighted by atomic mass is 16.6. The zero-order valence-electron chi connectivity index (χ0n) is 9.17. The molecule has 0 aromatic carbocycles. The van der Waals surface area contributed by atoms with Crippen LogP contribution >= 0.6 is 0 Å². The van der Waals surface area contributed by atoms with E-state index in [9.17, 15) is 10.1 Å². The zero-order valence-corrected chi connectivity index (χ0v) is 9.17. The lowest BCUT2D eigenvalue weighted by atomic mass is 10.2. The number of hydrogen-bond acceptors (Lipinski definition) is 5. The molecule has 1 aromatic rings. The van der Waals surface area contributed by atoms with Crippen molar-refractivity contribution in [2.75, 3.05) is 5.32 Å². The fraction of sp³-hybridized carbons (Fsp3) is 0.273. The lowest BCUT2D eigenvalue weighted by molar-refractivity contribution is -0.385. The van der Waals surface area contributed by atoms with Gasteiger partial charge in [0.15, 0.2) is 0 Å². The third-order valence-corrected chi connectivity index (χ3v) is 2.11. The van der Waals surface area contributed by atoms with Crippen LogP contribution in [0, 0.1) is 33.8 Å². The quantitative estimate of drug-likeness (QED) is 0.482. The molecular weight excluding hydrogens is 220 g/mol. The molecule has 1 heterocycles. The molecule has 1 N–H and O–H groups in total. The van der Waals surface area contributed by atoms with Crippen molar-refractivity contribution in [2.45, 2.75) is 19.4 Å². The number of hydrogen-bond donors (Lipinski definition) is 1. The maximum atomic E-state index is 10.6. The van der Waals surface area contributed by atoms with Gasteiger partial charge in [-0.1, -0.05) is 12.8 Å². The Balaban J connectivity index is 3.03. The van der Waals surface area contributed by atoms with Gasteiger partial charge in [-0.25, -0.2) is 4.98 Å². The minimum absolute atomic E-state index is 0.213. The summed E-state index contributed by atoms with van der Waals surface area (Å²) in [5.41, 5.74) is -0.543. The van der Waals surface area contributed by atoms with E-state index in [0.29, 0.717) is 12.2 Å². The third-order valence-electron chi connectivity index (χ3n) is 2.11. The van der Waals surface area contributed by atoms with E-state index in [-0.39, 0.29) is 17.4 Å². The van der Waals surface area contributed by atoms with Crippen LogP contribution < -0.4 is 5.32 Å². The number of anilines is 1. The van der Waals surface area contributed by atoms with E-state index in [4.69, 9.17) is 11.7 Å². The molecule has 1 atom stereocenters. The van der Waals surface area contributed by atoms with Gasteiger partial charge >= 0.3 is 5.69 Å². The van der Waals surface area contributed by atoms with E-state index in [2.05, 4.69) is 16.2 Å². The van der Waals surface area contributed by atoms with Crippen LogP contribution in [-0.4, -0.2) is 15.9 Å². The summed E-state index contributed by atoms with van der Waals surface area (Å²) in [5, 5.41) is 22.2. The van der Waals surface area contributed by atoms with Crippen LogP contribution in [0.1, 0.15) is 19.0 Å². The molecule has 6 heteroatoms. The number of nitrogens with zero attached hydrogens (tertiary/aromatic N) is 3. The van der Waals surface area contributed by atoms with Crippen molar-refractivity contribution >= 4 is 11.5 Å². The molecule has 1 rings (SSSR count). The SMILES string of the molecule is C#CC(CC)Nc1ccc([N+](=O)[O-])c(C#N)n1. The van der Waals surface area contributed by atoms with Gasteiger partial charge in [-0.2, -0.15) is 5.26 Å². The fourth-order valence-electron chi connectivity index (χ4n) is 1.20. The molecule has 86 valence electrons. The average Bonchev–Trinajstić information content (AvgIpc) is 2.35. The first-order valence-electron chi connectivity index (χ1n) is 4.90. The Labute approximate surface area is 98.4 Å². The molecule has 0 saturated carbocycles. The normalized spacial score (nSPS) is 11.0. The number of rotatable bonds is 4. The highest BCUT2D eigenvalue weighted by Crippen LogP contribution is 2.18. The van der Waals surface area contributed by atoms with Gasteiger partial charge in [0.05, 0.1) is 11.0 Å². The Hall–Kier alpha value is -2.60. The lowest BCUT2D eigenvalue weighted by Crippen LogP contribution is -2.16. The molecule has 17 heavy (non-hydrogen) atoms. The molecule has 0 aliphatic carbocycles. The van der Waals surface area contributed by atoms with Gasteiger partial charge in [-0.05, 0) is 12.5 Å². The standard InChI is InChI=1S/C11H10N4O2/c1-3-8(4-2)13-11-6-5-10(15(16)17)9(7-12)14-11/h1,5-6,8H,4H2,2H3,(H,13,14). The van der Waals surface area contributed by atoms with Gasteiger partial charge in [-0.3, -0.25) is 10.1 Å². The van der Waals surface area contributed by atoms with Gasteiger partial charge < -0.3 is 5.32 Å². The molecule has 0 amide bonds. The van der Waals surface area contributed by atoms with E-state index in [1.165, 1.54) is 12.1 Å². The summed E-state index contributed by atoms with van der Waals surface area (Å²) in [4.78, 5) is 13.8. The van der Waals surface area contributed by atoms with Crippen molar-refractivity contribution in [2.24, 2.45) is 0 Å². The maximum Gasteiger partial charge on any atom is 0.305 e. The summed E-state index contributed by atoms with van der Waals surface area (Å²) >= 11 is 0. The molecule has 0 bridgehead atoms. The Morgan fingerprint density at radius 3 is 2.88 bits per heavy atom. The maximum absolute atomic E-state index is 10.6. The van der Waals surface area contributed by atoms with Gasteiger partial charge in [0.1, 0.15) is 11.9 Å². The third kappa shape index (κ3) is 2.93. The van der Waals surface area contributed by atoms with Gasteiger partial charge in [0.2, 0.25) is 5.69 Å². The molecule has 1 aromatic heterocycles. The summed E-state index contributed by atoms with van der Waals surface area (Å²) in [6.45, 7) is 1.90. The van der Waals surface area contributed by atoms with E-state index in [0.717, 1.165) is 0 Å². The van der Waals surface area contributed by atoms with Crippen LogP contribution in [0.15, 0.2) is 12.1 Å². The van der Waals surface area contributed by atoms with Crippen LogP contribution in [0.5, 0.6) is 0 Å². The number of nitro groups is 1. The van der Waals surface area contributed by atoms with E-state index >= 15 is 0 Å². The second-order valence-corrected chi connectivity index (χ2v) is 3.20. The van der Waals surface area contributed by atoms with E-state index < -0.39 is 4.92 Å². The van der Waals surface area contributed by atoms with Crippen molar-refractivity contribution in [1.82, 2.24) is 4.98 Å². The summed E-state index contributed by atoms with van der Waals surface area (Å²) in [6.07, 6.45) is 5.96. The first-order valence-corrected chi connectivity index (χ1v) is 4.90. The fourth-order valence-corrected chi connectivity index (χ4v) is 1.20. The molecule has 6 nitrogen and oxygen atoms in total. The molecule has 0 aliphatic heterocycles. The largest absolute Gasteiger partial charge is 0.356 e. The van der Waals surface area contributed by atoms with Crippen LogP contribution in [0.3, 0.4) is 0 Å². The number of terminal acetylenes is 1. The van der Waals surface area contributed by atoms with Crippen LogP contribution in [0.25, 0.3) is 0 Å². The average molecular weight is 230 g/mol. The second kappa shape index (κ2) is 5.47. The highest BCUT2D eigenvalue weighted by molar-refractivity contribution is 5.51. The summed E-state index contributed by atoms with van der Waals surface area (Å²) < 4.78 is 0. The topological polar surface area (TPSA) is 91.9 Å². The molecule has 0 saturated heterocycles. The zero-order chi connectivity index (χ0) is 12.8. The molecular formula is C11H10N4O2. The predicted molar refractivity (Wildman–Crippen MR) is 62.1 cm³/mol. The van der Waals surface area contributed by atoms with Crippen LogP contribution in [-0.2, 0) is 0 Å². The van der Waals surface area contributed by atoms with Crippen LogP contribution in [0.2, 0.25) is 0 Å². The predicted octanol–water partition coefficient (Wildman–Crippen LogP) is 1.69. The molecule has 1 unspecified atom stereocenters. The van der Waals surface area contributed by atoms with Crippen molar-refractivity contribution in [3.8, 4) is 18.4 Å². The molecule has 0 radical (unpaired) electrons. The van der Waals surface area contributed by atoms with E-state index in [1.807, 2.05) is 6.92 Å². The van der Waals surface area contributed by atoms with Crippen molar-refractivity contribution < 1.29 is 4.92 Å². The van der Waals surface area contributed by atoms with Crippen molar-refractivity contribution in [3.63, 3.8) is 0 Å². The Morgan fingerprint density at radius 1 is 1.71 bits per heavy atom. The Morgan fingerprint density at radius 2 is 2.41 bits per heavy atom. The van der Waals surface area contributed by atoms with Gasteiger partial charge in [0, 0.05) is 6.07 Å². The number of nitrogens with one attached hydrogen (secondary N) is 1. The van der Waals surface area contributed by atoms with E-state index in [1.54, 1.807) is 6.07 Å².